The van der Waals surface area contributed by atoms with Crippen LogP contribution >= 0.6 is 0 Å². The molecule has 3 aliphatic carbocycles. The van der Waals surface area contributed by atoms with Crippen LogP contribution in [0.25, 0.3) is 0 Å². The molecule has 0 spiro atoms. The molecule has 0 aromatic rings. The van der Waals surface area contributed by atoms with Crippen LogP contribution in [-0.2, 0) is 4.79 Å². The molecule has 2 unspecified atom stereocenters. The standard InChI is InChI=1S/C17H31N3O/c1-2-3-11-20(14-8-9-14)15-5-4-10-17(12-15,16(18)21)19-13-6-7-13/h13-15,19H,2-12H2,1H3,(H2,18,21). The summed E-state index contributed by atoms with van der Waals surface area (Å²) < 4.78 is 0. The molecule has 3 fully saturated rings. The molecule has 3 saturated carbocycles. The molecular formula is C17H31N3O. The Morgan fingerprint density at radius 2 is 2.00 bits per heavy atom. The number of unbranched alkanes of at least 4 members (excludes halogenated alkanes) is 1. The van der Waals surface area contributed by atoms with Gasteiger partial charge in [0.15, 0.2) is 0 Å². The highest BCUT2D eigenvalue weighted by molar-refractivity contribution is 5.85. The van der Waals surface area contributed by atoms with Gasteiger partial charge in [-0.15, -0.1) is 0 Å². The Labute approximate surface area is 128 Å². The van der Waals surface area contributed by atoms with Crippen LogP contribution in [0.15, 0.2) is 0 Å². The lowest BCUT2D eigenvalue weighted by atomic mass is 9.77. The van der Waals surface area contributed by atoms with Gasteiger partial charge in [0.05, 0.1) is 5.54 Å². The lowest BCUT2D eigenvalue weighted by Crippen LogP contribution is -2.61. The number of carbonyl (C=O) groups is 1. The van der Waals surface area contributed by atoms with E-state index in [1.165, 1.54) is 51.5 Å². The first-order valence-electron chi connectivity index (χ1n) is 8.98. The fourth-order valence-electron chi connectivity index (χ4n) is 3.98. The zero-order valence-electron chi connectivity index (χ0n) is 13.4. The van der Waals surface area contributed by atoms with Crippen molar-refractivity contribution in [3.63, 3.8) is 0 Å². The van der Waals surface area contributed by atoms with E-state index in [-0.39, 0.29) is 5.91 Å². The van der Waals surface area contributed by atoms with Gasteiger partial charge in [0.25, 0.3) is 0 Å². The number of nitrogens with zero attached hydrogens (tertiary/aromatic N) is 1. The molecule has 0 aromatic heterocycles. The highest BCUT2D eigenvalue weighted by Gasteiger charge is 2.47. The molecule has 4 heteroatoms. The van der Waals surface area contributed by atoms with E-state index in [1.54, 1.807) is 0 Å². The summed E-state index contributed by atoms with van der Waals surface area (Å²) in [6, 6.07) is 1.88. The molecule has 0 bridgehead atoms. The molecule has 1 amide bonds. The summed E-state index contributed by atoms with van der Waals surface area (Å²) in [6.07, 6.45) is 11.9. The predicted octanol–water partition coefficient (Wildman–Crippen LogP) is 2.17. The molecule has 3 aliphatic rings. The van der Waals surface area contributed by atoms with Crippen LogP contribution < -0.4 is 11.1 Å². The van der Waals surface area contributed by atoms with Crippen LogP contribution in [0.2, 0.25) is 0 Å². The van der Waals surface area contributed by atoms with Crippen molar-refractivity contribution >= 4 is 5.91 Å². The fourth-order valence-corrected chi connectivity index (χ4v) is 3.98. The lowest BCUT2D eigenvalue weighted by Gasteiger charge is -2.44. The first kappa shape index (κ1) is 15.3. The SMILES string of the molecule is CCCCN(C1CC1)C1CCCC(NC2CC2)(C(N)=O)C1. The van der Waals surface area contributed by atoms with E-state index >= 15 is 0 Å². The first-order valence-corrected chi connectivity index (χ1v) is 8.98. The Balaban J connectivity index is 1.68. The molecule has 0 heterocycles. The minimum Gasteiger partial charge on any atom is -0.368 e. The maximum Gasteiger partial charge on any atom is 0.237 e. The van der Waals surface area contributed by atoms with Crippen LogP contribution in [0, 0.1) is 0 Å². The van der Waals surface area contributed by atoms with E-state index in [0.29, 0.717) is 12.1 Å². The molecule has 0 aliphatic heterocycles. The first-order chi connectivity index (χ1) is 10.1. The van der Waals surface area contributed by atoms with Crippen molar-refractivity contribution in [2.24, 2.45) is 5.73 Å². The lowest BCUT2D eigenvalue weighted by molar-refractivity contribution is -0.127. The second-order valence-electron chi connectivity index (χ2n) is 7.44. The van der Waals surface area contributed by atoms with Gasteiger partial charge in [0.1, 0.15) is 0 Å². The van der Waals surface area contributed by atoms with Crippen LogP contribution in [0.3, 0.4) is 0 Å². The minimum atomic E-state index is -0.427. The van der Waals surface area contributed by atoms with Crippen molar-refractivity contribution in [3.8, 4) is 0 Å². The Morgan fingerprint density at radius 1 is 1.24 bits per heavy atom. The van der Waals surface area contributed by atoms with E-state index < -0.39 is 5.54 Å². The van der Waals surface area contributed by atoms with Gasteiger partial charge >= 0.3 is 0 Å². The Bertz CT molecular complexity index is 378. The second-order valence-corrected chi connectivity index (χ2v) is 7.44. The molecule has 0 aromatic carbocycles. The number of nitrogens with two attached hydrogens (primary N) is 1. The molecule has 3 rings (SSSR count). The van der Waals surface area contributed by atoms with Crippen LogP contribution in [0.4, 0.5) is 0 Å². The highest BCUT2D eigenvalue weighted by atomic mass is 16.1. The van der Waals surface area contributed by atoms with Gasteiger partial charge in [-0.3, -0.25) is 9.69 Å². The van der Waals surface area contributed by atoms with Crippen molar-refractivity contribution in [1.29, 1.82) is 0 Å². The van der Waals surface area contributed by atoms with E-state index in [0.717, 1.165) is 25.3 Å². The van der Waals surface area contributed by atoms with Gasteiger partial charge in [0, 0.05) is 18.1 Å². The van der Waals surface area contributed by atoms with Gasteiger partial charge in [-0.25, -0.2) is 0 Å². The van der Waals surface area contributed by atoms with E-state index in [2.05, 4.69) is 17.1 Å². The number of primary amides is 1. The number of carbonyl (C=O) groups excluding carboxylic acids is 1. The molecule has 21 heavy (non-hydrogen) atoms. The van der Waals surface area contributed by atoms with Crippen LogP contribution in [0.5, 0.6) is 0 Å². The topological polar surface area (TPSA) is 58.4 Å². The van der Waals surface area contributed by atoms with Crippen LogP contribution in [0.1, 0.15) is 71.1 Å². The predicted molar refractivity (Wildman–Crippen MR) is 85.0 cm³/mol. The average molecular weight is 293 g/mol. The second kappa shape index (κ2) is 6.25. The Hall–Kier alpha value is -0.610. The molecule has 3 N–H and O–H groups in total. The maximum atomic E-state index is 12.1. The van der Waals surface area contributed by atoms with E-state index in [4.69, 9.17) is 5.73 Å². The van der Waals surface area contributed by atoms with Gasteiger partial charge in [0.2, 0.25) is 5.91 Å². The molecule has 2 atom stereocenters. The highest BCUT2D eigenvalue weighted by Crippen LogP contribution is 2.38. The summed E-state index contributed by atoms with van der Waals surface area (Å²) >= 11 is 0. The van der Waals surface area contributed by atoms with Gasteiger partial charge in [-0.1, -0.05) is 13.3 Å². The molecule has 120 valence electrons. The molecular weight excluding hydrogens is 262 g/mol. The summed E-state index contributed by atoms with van der Waals surface area (Å²) in [5.41, 5.74) is 5.39. The summed E-state index contributed by atoms with van der Waals surface area (Å²) in [5.74, 6) is -0.120. The third kappa shape index (κ3) is 3.59. The van der Waals surface area contributed by atoms with E-state index in [1.807, 2.05) is 0 Å². The maximum absolute atomic E-state index is 12.1. The number of hydrogen-bond donors (Lipinski definition) is 2. The van der Waals surface area contributed by atoms with Gasteiger partial charge in [-0.05, 0) is 64.3 Å². The summed E-state index contributed by atoms with van der Waals surface area (Å²) in [4.78, 5) is 14.9. The fraction of sp³-hybridized carbons (Fsp3) is 0.941. The Morgan fingerprint density at radius 3 is 2.57 bits per heavy atom. The van der Waals surface area contributed by atoms with Crippen LogP contribution in [-0.4, -0.2) is 41.0 Å². The number of hydrogen-bond acceptors (Lipinski definition) is 3. The number of nitrogens with one attached hydrogen (secondary N) is 1. The van der Waals surface area contributed by atoms with Crippen molar-refractivity contribution in [1.82, 2.24) is 10.2 Å². The third-order valence-corrected chi connectivity index (χ3v) is 5.51. The third-order valence-electron chi connectivity index (χ3n) is 5.51. The monoisotopic (exact) mass is 293 g/mol. The molecule has 0 saturated heterocycles. The van der Waals surface area contributed by atoms with Crippen molar-refractivity contribution in [3.05, 3.63) is 0 Å². The zero-order chi connectivity index (χ0) is 14.9. The quantitative estimate of drug-likeness (QED) is 0.721. The molecule has 4 nitrogen and oxygen atoms in total. The summed E-state index contributed by atoms with van der Waals surface area (Å²) in [5, 5.41) is 3.60. The zero-order valence-corrected chi connectivity index (χ0v) is 13.4. The van der Waals surface area contributed by atoms with E-state index in [9.17, 15) is 4.79 Å². The van der Waals surface area contributed by atoms with Crippen molar-refractivity contribution < 1.29 is 4.79 Å². The number of rotatable bonds is 8. The largest absolute Gasteiger partial charge is 0.368 e. The summed E-state index contributed by atoms with van der Waals surface area (Å²) in [6.45, 7) is 3.46. The molecule has 0 radical (unpaired) electrons. The van der Waals surface area contributed by atoms with Crippen molar-refractivity contribution in [2.45, 2.75) is 94.8 Å². The minimum absolute atomic E-state index is 0.120. The van der Waals surface area contributed by atoms with Crippen molar-refractivity contribution in [2.75, 3.05) is 6.54 Å². The number of amides is 1. The average Bonchev–Trinajstić information content (AvgIpc) is 3.34. The smallest absolute Gasteiger partial charge is 0.237 e. The summed E-state index contributed by atoms with van der Waals surface area (Å²) in [7, 11) is 0. The Kier molecular flexibility index (Phi) is 4.55. The normalized spacial score (nSPS) is 33.3. The van der Waals surface area contributed by atoms with Gasteiger partial charge < -0.3 is 11.1 Å². The van der Waals surface area contributed by atoms with Gasteiger partial charge in [-0.2, -0.15) is 0 Å².